The standard InChI is InChI=1S/C21H22FNO2S2/c1-4-27(24,25)19-11-7-15(8-12-19)20-13-18(14-23(2)3)26-21(20)16-5-9-17(22)10-6-16/h5-13H,4,14H2,1-3H3. The van der Waals surface area contributed by atoms with Crippen LogP contribution in [-0.4, -0.2) is 33.2 Å². The van der Waals surface area contributed by atoms with Crippen LogP contribution in [-0.2, 0) is 16.4 Å². The number of nitrogens with zero attached hydrogens (tertiary/aromatic N) is 1. The lowest BCUT2D eigenvalue weighted by Gasteiger charge is -2.06. The molecule has 3 rings (SSSR count). The van der Waals surface area contributed by atoms with Crippen molar-refractivity contribution in [3.8, 4) is 21.6 Å². The fraction of sp³-hybridized carbons (Fsp3) is 0.238. The molecule has 1 aromatic heterocycles. The normalized spacial score (nSPS) is 11.9. The van der Waals surface area contributed by atoms with Gasteiger partial charge in [-0.15, -0.1) is 11.3 Å². The Morgan fingerprint density at radius 3 is 2.11 bits per heavy atom. The molecule has 0 N–H and O–H groups in total. The Labute approximate surface area is 164 Å². The lowest BCUT2D eigenvalue weighted by molar-refractivity contribution is 0.406. The molecule has 0 saturated heterocycles. The number of rotatable bonds is 6. The summed E-state index contributed by atoms with van der Waals surface area (Å²) in [6.45, 7) is 2.45. The van der Waals surface area contributed by atoms with Gasteiger partial charge < -0.3 is 4.90 Å². The van der Waals surface area contributed by atoms with Crippen molar-refractivity contribution in [3.05, 3.63) is 65.3 Å². The fourth-order valence-corrected chi connectivity index (χ4v) is 5.06. The third-order valence-electron chi connectivity index (χ3n) is 4.27. The molecule has 0 aliphatic carbocycles. The molecule has 0 radical (unpaired) electrons. The molecule has 0 aliphatic heterocycles. The van der Waals surface area contributed by atoms with E-state index >= 15 is 0 Å². The second-order valence-electron chi connectivity index (χ2n) is 6.63. The monoisotopic (exact) mass is 403 g/mol. The number of halogens is 1. The molecule has 0 aliphatic rings. The summed E-state index contributed by atoms with van der Waals surface area (Å²) in [6.07, 6.45) is 0. The van der Waals surface area contributed by atoms with Crippen molar-refractivity contribution >= 4 is 21.2 Å². The maximum Gasteiger partial charge on any atom is 0.178 e. The summed E-state index contributed by atoms with van der Waals surface area (Å²) in [7, 11) is 0.810. The summed E-state index contributed by atoms with van der Waals surface area (Å²) in [5.41, 5.74) is 2.93. The predicted octanol–water partition coefficient (Wildman–Crippen LogP) is 5.08. The average molecular weight is 404 g/mol. The van der Waals surface area contributed by atoms with E-state index in [0.29, 0.717) is 4.90 Å². The molecular formula is C21H22FNO2S2. The van der Waals surface area contributed by atoms with Crippen LogP contribution < -0.4 is 0 Å². The minimum Gasteiger partial charge on any atom is -0.304 e. The molecular weight excluding hydrogens is 381 g/mol. The van der Waals surface area contributed by atoms with Gasteiger partial charge in [0.2, 0.25) is 0 Å². The highest BCUT2D eigenvalue weighted by atomic mass is 32.2. The number of thiophene rings is 1. The van der Waals surface area contributed by atoms with Gasteiger partial charge in [0.1, 0.15) is 5.82 Å². The number of sulfone groups is 1. The Balaban J connectivity index is 2.08. The number of hydrogen-bond acceptors (Lipinski definition) is 4. The smallest absolute Gasteiger partial charge is 0.178 e. The van der Waals surface area contributed by atoms with E-state index in [4.69, 9.17) is 0 Å². The van der Waals surface area contributed by atoms with Crippen molar-refractivity contribution < 1.29 is 12.8 Å². The minimum atomic E-state index is -3.22. The molecule has 0 atom stereocenters. The molecule has 1 heterocycles. The zero-order valence-corrected chi connectivity index (χ0v) is 17.2. The minimum absolute atomic E-state index is 0.0820. The second-order valence-corrected chi connectivity index (χ2v) is 10.0. The number of hydrogen-bond donors (Lipinski definition) is 0. The van der Waals surface area contributed by atoms with Crippen molar-refractivity contribution in [2.24, 2.45) is 0 Å². The highest BCUT2D eigenvalue weighted by Gasteiger charge is 2.16. The van der Waals surface area contributed by atoms with Crippen LogP contribution in [0.5, 0.6) is 0 Å². The first-order valence-corrected chi connectivity index (χ1v) is 11.1. The van der Waals surface area contributed by atoms with Gasteiger partial charge >= 0.3 is 0 Å². The maximum atomic E-state index is 13.3. The first-order chi connectivity index (χ1) is 12.8. The Morgan fingerprint density at radius 1 is 0.963 bits per heavy atom. The van der Waals surface area contributed by atoms with Gasteiger partial charge in [-0.25, -0.2) is 12.8 Å². The predicted molar refractivity (Wildman–Crippen MR) is 110 cm³/mol. The molecule has 27 heavy (non-hydrogen) atoms. The van der Waals surface area contributed by atoms with Crippen LogP contribution >= 0.6 is 11.3 Å². The summed E-state index contributed by atoms with van der Waals surface area (Å²) in [6, 6.07) is 15.6. The summed E-state index contributed by atoms with van der Waals surface area (Å²) >= 11 is 1.67. The van der Waals surface area contributed by atoms with Crippen LogP contribution in [0.1, 0.15) is 11.8 Å². The van der Waals surface area contributed by atoms with Gasteiger partial charge in [-0.1, -0.05) is 31.2 Å². The molecule has 2 aromatic carbocycles. The van der Waals surface area contributed by atoms with Crippen LogP contribution in [0, 0.1) is 5.82 Å². The molecule has 3 nitrogen and oxygen atoms in total. The third kappa shape index (κ3) is 4.46. The molecule has 0 spiro atoms. The Hall–Kier alpha value is -2.02. The van der Waals surface area contributed by atoms with Crippen LogP contribution in [0.3, 0.4) is 0 Å². The van der Waals surface area contributed by atoms with E-state index in [1.165, 1.54) is 17.0 Å². The van der Waals surface area contributed by atoms with Crippen molar-refractivity contribution in [1.82, 2.24) is 4.90 Å². The molecule has 6 heteroatoms. The van der Waals surface area contributed by atoms with E-state index in [1.807, 2.05) is 26.2 Å². The van der Waals surface area contributed by atoms with Crippen molar-refractivity contribution in [1.29, 1.82) is 0 Å². The molecule has 0 bridgehead atoms. The first-order valence-electron chi connectivity index (χ1n) is 8.66. The highest BCUT2D eigenvalue weighted by molar-refractivity contribution is 7.91. The Kier molecular flexibility index (Phi) is 5.79. The van der Waals surface area contributed by atoms with Gasteiger partial charge in [-0.05, 0) is 55.6 Å². The van der Waals surface area contributed by atoms with Gasteiger partial charge in [0, 0.05) is 21.9 Å². The number of benzene rings is 2. The van der Waals surface area contributed by atoms with Crippen LogP contribution in [0.15, 0.2) is 59.5 Å². The lowest BCUT2D eigenvalue weighted by atomic mass is 10.0. The van der Waals surface area contributed by atoms with Gasteiger partial charge in [0.15, 0.2) is 9.84 Å². The van der Waals surface area contributed by atoms with E-state index in [1.54, 1.807) is 42.5 Å². The molecule has 142 valence electrons. The van der Waals surface area contributed by atoms with Crippen molar-refractivity contribution in [3.63, 3.8) is 0 Å². The SMILES string of the molecule is CCS(=O)(=O)c1ccc(-c2cc(CN(C)C)sc2-c2ccc(F)cc2)cc1. The average Bonchev–Trinajstić information content (AvgIpc) is 3.05. The molecule has 0 amide bonds. The van der Waals surface area contributed by atoms with Gasteiger partial charge in [-0.3, -0.25) is 0 Å². The summed E-state index contributed by atoms with van der Waals surface area (Å²) in [4.78, 5) is 4.68. The van der Waals surface area contributed by atoms with E-state index < -0.39 is 9.84 Å². The molecule has 0 saturated carbocycles. The quantitative estimate of drug-likeness (QED) is 0.576. The van der Waals surface area contributed by atoms with Crippen LogP contribution in [0.4, 0.5) is 4.39 Å². The molecule has 0 fully saturated rings. The largest absolute Gasteiger partial charge is 0.304 e. The van der Waals surface area contributed by atoms with Crippen molar-refractivity contribution in [2.45, 2.75) is 18.4 Å². The van der Waals surface area contributed by atoms with Crippen molar-refractivity contribution in [2.75, 3.05) is 19.8 Å². The first kappa shape index (κ1) is 19.7. The van der Waals surface area contributed by atoms with Gasteiger partial charge in [0.05, 0.1) is 10.6 Å². The van der Waals surface area contributed by atoms with E-state index in [9.17, 15) is 12.8 Å². The van der Waals surface area contributed by atoms with Gasteiger partial charge in [0.25, 0.3) is 0 Å². The highest BCUT2D eigenvalue weighted by Crippen LogP contribution is 2.40. The zero-order valence-electron chi connectivity index (χ0n) is 15.6. The van der Waals surface area contributed by atoms with E-state index in [0.717, 1.165) is 28.1 Å². The lowest BCUT2D eigenvalue weighted by Crippen LogP contribution is -2.09. The third-order valence-corrected chi connectivity index (χ3v) is 7.19. The summed E-state index contributed by atoms with van der Waals surface area (Å²) in [5.74, 6) is -0.182. The topological polar surface area (TPSA) is 37.4 Å². The van der Waals surface area contributed by atoms with E-state index in [2.05, 4.69) is 11.0 Å². The van der Waals surface area contributed by atoms with Gasteiger partial charge in [-0.2, -0.15) is 0 Å². The van der Waals surface area contributed by atoms with E-state index in [-0.39, 0.29) is 11.6 Å². The zero-order chi connectivity index (χ0) is 19.6. The summed E-state index contributed by atoms with van der Waals surface area (Å²) < 4.78 is 37.4. The molecule has 0 unspecified atom stereocenters. The Morgan fingerprint density at radius 2 is 1.56 bits per heavy atom. The van der Waals surface area contributed by atoms with Crippen LogP contribution in [0.2, 0.25) is 0 Å². The second kappa shape index (κ2) is 7.92. The fourth-order valence-electron chi connectivity index (χ4n) is 2.87. The molecule has 3 aromatic rings. The Bertz CT molecular complexity index is 1020. The summed E-state index contributed by atoms with van der Waals surface area (Å²) in [5, 5.41) is 0. The maximum absolute atomic E-state index is 13.3. The van der Waals surface area contributed by atoms with Crippen LogP contribution in [0.25, 0.3) is 21.6 Å².